The number of aliphatic carboxylic acids is 1. The Balaban J connectivity index is 2.94. The summed E-state index contributed by atoms with van der Waals surface area (Å²) in [6.45, 7) is 5.45. The smallest absolute Gasteiger partial charge is 0.305 e. The Bertz CT molecular complexity index is 210. The van der Waals surface area contributed by atoms with Crippen LogP contribution in [0.1, 0.15) is 71.1 Å². The van der Waals surface area contributed by atoms with E-state index in [4.69, 9.17) is 9.84 Å². The highest BCUT2D eigenvalue weighted by Gasteiger charge is 1.96. The van der Waals surface area contributed by atoms with Crippen LogP contribution in [0, 0.1) is 0 Å². The highest BCUT2D eigenvalue weighted by Crippen LogP contribution is 2.09. The summed E-state index contributed by atoms with van der Waals surface area (Å²) < 4.78 is 5.25. The number of carboxylic acid groups (broad SMARTS) is 1. The van der Waals surface area contributed by atoms with Crippen LogP contribution in [0.15, 0.2) is 0 Å². The van der Waals surface area contributed by atoms with E-state index in [2.05, 4.69) is 12.2 Å². The molecule has 0 fully saturated rings. The lowest BCUT2D eigenvalue weighted by Gasteiger charge is -2.04. The molecular formula is C16H33NO3. The predicted molar refractivity (Wildman–Crippen MR) is 83.2 cm³/mol. The third-order valence-corrected chi connectivity index (χ3v) is 3.35. The summed E-state index contributed by atoms with van der Waals surface area (Å²) in [6, 6.07) is 0. The van der Waals surface area contributed by atoms with Crippen LogP contribution in [-0.2, 0) is 9.53 Å². The minimum absolute atomic E-state index is 0.119. The predicted octanol–water partition coefficient (Wildman–Crippen LogP) is 3.60. The van der Waals surface area contributed by atoms with Gasteiger partial charge in [0.05, 0.1) is 13.0 Å². The number of hydrogen-bond donors (Lipinski definition) is 2. The minimum atomic E-state index is -0.782. The largest absolute Gasteiger partial charge is 0.481 e. The van der Waals surface area contributed by atoms with Gasteiger partial charge in [-0.05, 0) is 25.9 Å². The van der Waals surface area contributed by atoms with Crippen molar-refractivity contribution in [2.45, 2.75) is 71.1 Å². The standard InChI is InChI=1S/C16H33NO3/c1-2-17-13-10-8-6-4-3-5-7-9-11-14-20-15-12-16(18)19/h17H,2-15H2,1H3,(H,18,19). The van der Waals surface area contributed by atoms with Gasteiger partial charge in [-0.25, -0.2) is 0 Å². The fourth-order valence-electron chi connectivity index (χ4n) is 2.13. The molecule has 20 heavy (non-hydrogen) atoms. The number of ether oxygens (including phenoxy) is 1. The molecule has 0 aliphatic carbocycles. The van der Waals surface area contributed by atoms with Crippen molar-refractivity contribution in [3.8, 4) is 0 Å². The van der Waals surface area contributed by atoms with Crippen LogP contribution in [0.4, 0.5) is 0 Å². The summed E-state index contributed by atoms with van der Waals surface area (Å²) in [5.41, 5.74) is 0. The molecule has 0 aromatic rings. The van der Waals surface area contributed by atoms with E-state index in [1.165, 1.54) is 57.9 Å². The summed E-state index contributed by atoms with van der Waals surface area (Å²) in [5.74, 6) is -0.782. The zero-order valence-electron chi connectivity index (χ0n) is 13.2. The van der Waals surface area contributed by atoms with Crippen LogP contribution in [0.2, 0.25) is 0 Å². The van der Waals surface area contributed by atoms with Crippen molar-refractivity contribution in [1.29, 1.82) is 0 Å². The van der Waals surface area contributed by atoms with E-state index in [0.717, 1.165) is 13.0 Å². The third kappa shape index (κ3) is 17.4. The van der Waals surface area contributed by atoms with Gasteiger partial charge in [-0.15, -0.1) is 0 Å². The summed E-state index contributed by atoms with van der Waals surface area (Å²) >= 11 is 0. The first kappa shape index (κ1) is 19.4. The minimum Gasteiger partial charge on any atom is -0.481 e. The van der Waals surface area contributed by atoms with Crippen LogP contribution in [0.3, 0.4) is 0 Å². The molecule has 0 saturated heterocycles. The Hall–Kier alpha value is -0.610. The quantitative estimate of drug-likeness (QED) is 0.426. The van der Waals surface area contributed by atoms with Crippen molar-refractivity contribution in [1.82, 2.24) is 5.32 Å². The molecule has 4 heteroatoms. The monoisotopic (exact) mass is 287 g/mol. The Kier molecular flexibility index (Phi) is 15.9. The molecule has 120 valence electrons. The number of hydrogen-bond acceptors (Lipinski definition) is 3. The van der Waals surface area contributed by atoms with Gasteiger partial charge < -0.3 is 15.2 Å². The fourth-order valence-corrected chi connectivity index (χ4v) is 2.13. The molecule has 4 nitrogen and oxygen atoms in total. The molecule has 0 aromatic carbocycles. The third-order valence-electron chi connectivity index (χ3n) is 3.35. The van der Waals surface area contributed by atoms with E-state index in [1.807, 2.05) is 0 Å². The topological polar surface area (TPSA) is 58.6 Å². The number of nitrogens with one attached hydrogen (secondary N) is 1. The number of carboxylic acids is 1. The Morgan fingerprint density at radius 2 is 1.45 bits per heavy atom. The zero-order valence-corrected chi connectivity index (χ0v) is 13.2. The van der Waals surface area contributed by atoms with Crippen LogP contribution in [0.25, 0.3) is 0 Å². The summed E-state index contributed by atoms with van der Waals surface area (Å²) in [5, 5.41) is 11.8. The highest BCUT2D eigenvalue weighted by molar-refractivity contribution is 5.66. The molecule has 0 radical (unpaired) electrons. The van der Waals surface area contributed by atoms with Crippen molar-refractivity contribution in [2.75, 3.05) is 26.3 Å². The molecule has 0 unspecified atom stereocenters. The number of carbonyl (C=O) groups is 1. The van der Waals surface area contributed by atoms with Crippen LogP contribution < -0.4 is 5.32 Å². The van der Waals surface area contributed by atoms with Crippen LogP contribution in [0.5, 0.6) is 0 Å². The maximum atomic E-state index is 10.2. The second-order valence-electron chi connectivity index (χ2n) is 5.29. The average Bonchev–Trinajstić information content (AvgIpc) is 2.43. The molecule has 0 aliphatic rings. The molecule has 0 aromatic heterocycles. The van der Waals surface area contributed by atoms with Crippen LogP contribution >= 0.6 is 0 Å². The Labute approximate surface area is 124 Å². The summed E-state index contributed by atoms with van der Waals surface area (Å²) in [6.07, 6.45) is 11.7. The molecule has 0 spiro atoms. The SMILES string of the molecule is CCNCCCCCCCCCCCOCCC(=O)O. The highest BCUT2D eigenvalue weighted by atomic mass is 16.5. The first-order chi connectivity index (χ1) is 9.77. The zero-order chi connectivity index (χ0) is 14.9. The van der Waals surface area contributed by atoms with Crippen molar-refractivity contribution in [2.24, 2.45) is 0 Å². The molecule has 2 N–H and O–H groups in total. The first-order valence-corrected chi connectivity index (χ1v) is 8.27. The van der Waals surface area contributed by atoms with Gasteiger partial charge in [0, 0.05) is 6.61 Å². The van der Waals surface area contributed by atoms with Crippen molar-refractivity contribution in [3.05, 3.63) is 0 Å². The lowest BCUT2D eigenvalue weighted by molar-refractivity contribution is -0.138. The Morgan fingerprint density at radius 3 is 2.00 bits per heavy atom. The Morgan fingerprint density at radius 1 is 0.900 bits per heavy atom. The van der Waals surface area contributed by atoms with Crippen molar-refractivity contribution in [3.63, 3.8) is 0 Å². The molecule has 0 bridgehead atoms. The lowest BCUT2D eigenvalue weighted by Crippen LogP contribution is -2.13. The van der Waals surface area contributed by atoms with Gasteiger partial charge in [0.25, 0.3) is 0 Å². The van der Waals surface area contributed by atoms with Gasteiger partial charge in [-0.1, -0.05) is 51.9 Å². The van der Waals surface area contributed by atoms with Crippen molar-refractivity contribution < 1.29 is 14.6 Å². The molecule has 0 rings (SSSR count). The first-order valence-electron chi connectivity index (χ1n) is 8.27. The molecule has 0 atom stereocenters. The summed E-state index contributed by atoms with van der Waals surface area (Å²) in [4.78, 5) is 10.2. The van der Waals surface area contributed by atoms with Gasteiger partial charge in [0.15, 0.2) is 0 Å². The molecular weight excluding hydrogens is 254 g/mol. The molecule has 0 heterocycles. The average molecular weight is 287 g/mol. The normalized spacial score (nSPS) is 10.8. The van der Waals surface area contributed by atoms with E-state index in [9.17, 15) is 4.79 Å². The summed E-state index contributed by atoms with van der Waals surface area (Å²) in [7, 11) is 0. The van der Waals surface area contributed by atoms with E-state index in [-0.39, 0.29) is 6.42 Å². The molecule has 0 amide bonds. The maximum Gasteiger partial charge on any atom is 0.305 e. The maximum absolute atomic E-state index is 10.2. The van der Waals surface area contributed by atoms with Crippen molar-refractivity contribution >= 4 is 5.97 Å². The van der Waals surface area contributed by atoms with E-state index >= 15 is 0 Å². The van der Waals surface area contributed by atoms with E-state index in [1.54, 1.807) is 0 Å². The molecule has 0 saturated carbocycles. The van der Waals surface area contributed by atoms with Gasteiger partial charge in [0.1, 0.15) is 0 Å². The van der Waals surface area contributed by atoms with E-state index in [0.29, 0.717) is 13.2 Å². The second-order valence-corrected chi connectivity index (χ2v) is 5.29. The molecule has 0 aliphatic heterocycles. The van der Waals surface area contributed by atoms with Crippen LogP contribution in [-0.4, -0.2) is 37.4 Å². The lowest BCUT2D eigenvalue weighted by atomic mass is 10.1. The van der Waals surface area contributed by atoms with Gasteiger partial charge >= 0.3 is 5.97 Å². The van der Waals surface area contributed by atoms with Gasteiger partial charge in [-0.2, -0.15) is 0 Å². The van der Waals surface area contributed by atoms with Gasteiger partial charge in [0.2, 0.25) is 0 Å². The fraction of sp³-hybridized carbons (Fsp3) is 0.938. The van der Waals surface area contributed by atoms with E-state index < -0.39 is 5.97 Å². The van der Waals surface area contributed by atoms with Gasteiger partial charge in [-0.3, -0.25) is 4.79 Å². The second kappa shape index (κ2) is 16.4. The number of unbranched alkanes of at least 4 members (excludes halogenated alkanes) is 8. The number of rotatable bonds is 16.